The Bertz CT molecular complexity index is 631. The molecule has 1 aromatic carbocycles. The fourth-order valence-electron chi connectivity index (χ4n) is 1.87. The number of carbonyl (C=O) groups is 1. The highest BCUT2D eigenvalue weighted by molar-refractivity contribution is 6.05. The van der Waals surface area contributed by atoms with Crippen molar-refractivity contribution >= 4 is 16.9 Å². The molecule has 0 atom stereocenters. The average molecular weight is 273 g/mol. The van der Waals surface area contributed by atoms with Gasteiger partial charge in [-0.2, -0.15) is 13.2 Å². The van der Waals surface area contributed by atoms with Crippen LogP contribution in [0.3, 0.4) is 0 Å². The number of halogens is 3. The highest BCUT2D eigenvalue weighted by Crippen LogP contribution is 2.36. The summed E-state index contributed by atoms with van der Waals surface area (Å²) >= 11 is 0. The molecule has 4 nitrogen and oxygen atoms in total. The highest BCUT2D eigenvalue weighted by Gasteiger charge is 2.38. The Hall–Kier alpha value is -2.18. The van der Waals surface area contributed by atoms with Gasteiger partial charge in [0, 0.05) is 11.5 Å². The Balaban J connectivity index is 2.69. The van der Waals surface area contributed by atoms with Crippen LogP contribution in [0.25, 0.3) is 10.9 Å². The van der Waals surface area contributed by atoms with Crippen molar-refractivity contribution in [3.05, 3.63) is 29.5 Å². The SMILES string of the molecule is CCOc1ccc2c(C(=O)O)c(C(F)(F)F)[nH]c2c1. The fourth-order valence-corrected chi connectivity index (χ4v) is 1.87. The first-order valence-corrected chi connectivity index (χ1v) is 5.43. The van der Waals surface area contributed by atoms with E-state index < -0.39 is 23.4 Å². The molecular weight excluding hydrogens is 263 g/mol. The van der Waals surface area contributed by atoms with Gasteiger partial charge < -0.3 is 14.8 Å². The van der Waals surface area contributed by atoms with Gasteiger partial charge in [0.05, 0.1) is 17.7 Å². The third kappa shape index (κ3) is 2.35. The van der Waals surface area contributed by atoms with E-state index in [1.807, 2.05) is 0 Å². The molecule has 2 N–H and O–H groups in total. The van der Waals surface area contributed by atoms with Crippen molar-refractivity contribution in [3.63, 3.8) is 0 Å². The number of carboxylic acid groups (broad SMARTS) is 1. The fraction of sp³-hybridized carbons (Fsp3) is 0.250. The molecule has 0 aliphatic rings. The van der Waals surface area contributed by atoms with Crippen LogP contribution in [0, 0.1) is 0 Å². The number of rotatable bonds is 3. The molecule has 0 fully saturated rings. The van der Waals surface area contributed by atoms with Gasteiger partial charge in [-0.1, -0.05) is 0 Å². The number of carboxylic acids is 1. The summed E-state index contributed by atoms with van der Waals surface area (Å²) < 4.78 is 43.5. The van der Waals surface area contributed by atoms with Crippen molar-refractivity contribution in [1.29, 1.82) is 0 Å². The first kappa shape index (κ1) is 13.3. The molecule has 0 aliphatic heterocycles. The second-order valence-corrected chi connectivity index (χ2v) is 3.82. The maximum absolute atomic E-state index is 12.8. The lowest BCUT2D eigenvalue weighted by Crippen LogP contribution is -2.11. The number of aromatic amines is 1. The Kier molecular flexibility index (Phi) is 3.13. The average Bonchev–Trinajstić information content (AvgIpc) is 2.67. The minimum atomic E-state index is -4.75. The van der Waals surface area contributed by atoms with Crippen LogP contribution in [0.15, 0.2) is 18.2 Å². The first-order chi connectivity index (χ1) is 8.84. The number of ether oxygens (including phenoxy) is 1. The lowest BCUT2D eigenvalue weighted by Gasteiger charge is -2.04. The molecule has 2 rings (SSSR count). The highest BCUT2D eigenvalue weighted by atomic mass is 19.4. The van der Waals surface area contributed by atoms with E-state index in [0.717, 1.165) is 0 Å². The molecule has 0 radical (unpaired) electrons. The normalized spacial score (nSPS) is 11.8. The van der Waals surface area contributed by atoms with E-state index in [1.165, 1.54) is 18.2 Å². The van der Waals surface area contributed by atoms with Crippen molar-refractivity contribution < 1.29 is 27.8 Å². The molecule has 7 heteroatoms. The van der Waals surface area contributed by atoms with Gasteiger partial charge in [-0.05, 0) is 19.1 Å². The molecule has 0 bridgehead atoms. The summed E-state index contributed by atoms with van der Waals surface area (Å²) in [5.74, 6) is -1.25. The van der Waals surface area contributed by atoms with Gasteiger partial charge in [0.1, 0.15) is 11.4 Å². The van der Waals surface area contributed by atoms with Crippen LogP contribution in [0.1, 0.15) is 23.0 Å². The number of alkyl halides is 3. The number of hydrogen-bond acceptors (Lipinski definition) is 2. The number of H-pyrrole nitrogens is 1. The predicted molar refractivity (Wildman–Crippen MR) is 61.4 cm³/mol. The van der Waals surface area contributed by atoms with Gasteiger partial charge in [-0.3, -0.25) is 0 Å². The van der Waals surface area contributed by atoms with Gasteiger partial charge in [-0.25, -0.2) is 4.79 Å². The number of aromatic nitrogens is 1. The summed E-state index contributed by atoms with van der Waals surface area (Å²) in [6.07, 6.45) is -4.75. The van der Waals surface area contributed by atoms with Crippen molar-refractivity contribution in [2.75, 3.05) is 6.61 Å². The zero-order valence-corrected chi connectivity index (χ0v) is 9.84. The zero-order valence-electron chi connectivity index (χ0n) is 9.84. The van der Waals surface area contributed by atoms with Crippen LogP contribution in [0.2, 0.25) is 0 Å². The van der Waals surface area contributed by atoms with Gasteiger partial charge in [0.25, 0.3) is 0 Å². The Labute approximate surface area is 105 Å². The van der Waals surface area contributed by atoms with Gasteiger partial charge in [-0.15, -0.1) is 0 Å². The summed E-state index contributed by atoms with van der Waals surface area (Å²) in [6, 6.07) is 4.09. The second kappa shape index (κ2) is 4.49. The Morgan fingerprint density at radius 1 is 1.42 bits per heavy atom. The number of fused-ring (bicyclic) bond motifs is 1. The third-order valence-electron chi connectivity index (χ3n) is 2.58. The molecule has 1 aromatic heterocycles. The van der Waals surface area contributed by atoms with Crippen LogP contribution in [-0.2, 0) is 6.18 Å². The van der Waals surface area contributed by atoms with Gasteiger partial charge in [0.15, 0.2) is 0 Å². The molecule has 102 valence electrons. The Morgan fingerprint density at radius 2 is 2.11 bits per heavy atom. The molecule has 1 heterocycles. The van der Waals surface area contributed by atoms with E-state index in [2.05, 4.69) is 4.98 Å². The molecule has 0 spiro atoms. The maximum atomic E-state index is 12.8. The van der Waals surface area contributed by atoms with E-state index in [1.54, 1.807) is 6.92 Å². The van der Waals surface area contributed by atoms with Crippen molar-refractivity contribution in [2.24, 2.45) is 0 Å². The lowest BCUT2D eigenvalue weighted by atomic mass is 10.1. The topological polar surface area (TPSA) is 62.3 Å². The first-order valence-electron chi connectivity index (χ1n) is 5.43. The summed E-state index contributed by atoms with van der Waals surface area (Å²) in [5.41, 5.74) is -1.95. The molecule has 0 unspecified atom stereocenters. The molecule has 0 saturated carbocycles. The van der Waals surface area contributed by atoms with Gasteiger partial charge >= 0.3 is 12.1 Å². The summed E-state index contributed by atoms with van der Waals surface area (Å²) in [7, 11) is 0. The van der Waals surface area contributed by atoms with E-state index in [9.17, 15) is 18.0 Å². The summed E-state index contributed by atoms with van der Waals surface area (Å²) in [4.78, 5) is 13.1. The van der Waals surface area contributed by atoms with Crippen LogP contribution in [0.5, 0.6) is 5.75 Å². The monoisotopic (exact) mass is 273 g/mol. The quantitative estimate of drug-likeness (QED) is 0.902. The number of hydrogen-bond donors (Lipinski definition) is 2. The van der Waals surface area contributed by atoms with Crippen LogP contribution in [-0.4, -0.2) is 22.7 Å². The molecular formula is C12H10F3NO3. The molecule has 0 saturated heterocycles. The zero-order chi connectivity index (χ0) is 14.2. The lowest BCUT2D eigenvalue weighted by molar-refractivity contribution is -0.141. The van der Waals surface area contributed by atoms with Crippen molar-refractivity contribution in [3.8, 4) is 5.75 Å². The maximum Gasteiger partial charge on any atom is 0.432 e. The molecule has 19 heavy (non-hydrogen) atoms. The molecule has 0 amide bonds. The summed E-state index contributed by atoms with van der Waals surface area (Å²) in [5, 5.41) is 8.94. The van der Waals surface area contributed by atoms with Crippen LogP contribution < -0.4 is 4.74 Å². The number of nitrogens with one attached hydrogen (secondary N) is 1. The predicted octanol–water partition coefficient (Wildman–Crippen LogP) is 3.28. The Morgan fingerprint density at radius 3 is 2.63 bits per heavy atom. The molecule has 2 aromatic rings. The smallest absolute Gasteiger partial charge is 0.432 e. The standard InChI is InChI=1S/C12H10F3NO3/c1-2-19-6-3-4-7-8(5-6)16-10(12(13,14)15)9(7)11(17)18/h3-5,16H,2H2,1H3,(H,17,18). The van der Waals surface area contributed by atoms with Gasteiger partial charge in [0.2, 0.25) is 0 Å². The van der Waals surface area contributed by atoms with Crippen LogP contribution >= 0.6 is 0 Å². The van der Waals surface area contributed by atoms with Crippen molar-refractivity contribution in [2.45, 2.75) is 13.1 Å². The molecule has 0 aliphatic carbocycles. The third-order valence-corrected chi connectivity index (χ3v) is 2.58. The minimum absolute atomic E-state index is 0.00304. The van der Waals surface area contributed by atoms with E-state index >= 15 is 0 Å². The van der Waals surface area contributed by atoms with Crippen LogP contribution in [0.4, 0.5) is 13.2 Å². The number of aromatic carboxylic acids is 1. The summed E-state index contributed by atoms with van der Waals surface area (Å²) in [6.45, 7) is 2.10. The minimum Gasteiger partial charge on any atom is -0.494 e. The van der Waals surface area contributed by atoms with E-state index in [0.29, 0.717) is 12.4 Å². The van der Waals surface area contributed by atoms with E-state index in [-0.39, 0.29) is 10.9 Å². The largest absolute Gasteiger partial charge is 0.494 e. The van der Waals surface area contributed by atoms with Crippen molar-refractivity contribution in [1.82, 2.24) is 4.98 Å². The second-order valence-electron chi connectivity index (χ2n) is 3.82. The van der Waals surface area contributed by atoms with E-state index in [4.69, 9.17) is 9.84 Å². The number of benzene rings is 1.